The van der Waals surface area contributed by atoms with Gasteiger partial charge in [-0.05, 0) is 18.2 Å². The van der Waals surface area contributed by atoms with Crippen molar-refractivity contribution >= 4 is 34.8 Å². The summed E-state index contributed by atoms with van der Waals surface area (Å²) < 4.78 is 5.17. The van der Waals surface area contributed by atoms with Gasteiger partial charge in [-0.15, -0.1) is 0 Å². The van der Waals surface area contributed by atoms with Crippen molar-refractivity contribution in [1.29, 1.82) is 0 Å². The van der Waals surface area contributed by atoms with Gasteiger partial charge >= 0.3 is 0 Å². The van der Waals surface area contributed by atoms with Crippen LogP contribution in [0.25, 0.3) is 11.3 Å². The van der Waals surface area contributed by atoms with Crippen LogP contribution in [0.5, 0.6) is 5.75 Å². The topological polar surface area (TPSA) is 35.0 Å². The molecular weight excluding hydrogens is 282 g/mol. The first-order valence-electron chi connectivity index (χ1n) is 4.62. The highest BCUT2D eigenvalue weighted by molar-refractivity contribution is 6.35. The molecule has 0 aliphatic heterocycles. The maximum absolute atomic E-state index is 5.93. The smallest absolute Gasteiger partial charge is 0.182 e. The Morgan fingerprint density at radius 1 is 1.00 bits per heavy atom. The molecule has 0 radical (unpaired) electrons. The average Bonchev–Trinajstić information content (AvgIpc) is 2.27. The lowest BCUT2D eigenvalue weighted by Gasteiger charge is -2.08. The Labute approximate surface area is 113 Å². The van der Waals surface area contributed by atoms with E-state index in [9.17, 15) is 0 Å². The second-order valence-corrected chi connectivity index (χ2v) is 4.44. The van der Waals surface area contributed by atoms with Crippen molar-refractivity contribution in [3.8, 4) is 17.0 Å². The molecule has 0 aliphatic rings. The summed E-state index contributed by atoms with van der Waals surface area (Å²) in [6, 6.07) is 5.10. The molecule has 0 saturated carbocycles. The average molecular weight is 290 g/mol. The number of hydrogen-bond acceptors (Lipinski definition) is 3. The molecule has 0 N–H and O–H groups in total. The summed E-state index contributed by atoms with van der Waals surface area (Å²) >= 11 is 17.8. The minimum atomic E-state index is 0.244. The highest BCUT2D eigenvalue weighted by Gasteiger charge is 2.13. The molecule has 1 aromatic heterocycles. The van der Waals surface area contributed by atoms with Crippen LogP contribution in [-0.2, 0) is 0 Å². The van der Waals surface area contributed by atoms with Crippen LogP contribution in [-0.4, -0.2) is 17.1 Å². The molecule has 0 amide bonds. The van der Waals surface area contributed by atoms with Gasteiger partial charge < -0.3 is 4.74 Å². The molecular formula is C11H7Cl3N2O. The van der Waals surface area contributed by atoms with Gasteiger partial charge in [0.1, 0.15) is 12.0 Å². The summed E-state index contributed by atoms with van der Waals surface area (Å²) in [6.45, 7) is 0. The molecule has 2 rings (SSSR count). The van der Waals surface area contributed by atoms with Gasteiger partial charge in [0, 0.05) is 15.6 Å². The lowest BCUT2D eigenvalue weighted by Crippen LogP contribution is -1.94. The first-order valence-corrected chi connectivity index (χ1v) is 5.76. The van der Waals surface area contributed by atoms with Gasteiger partial charge in [-0.25, -0.2) is 9.97 Å². The Balaban J connectivity index is 2.63. The maximum Gasteiger partial charge on any atom is 0.182 e. The largest absolute Gasteiger partial charge is 0.491 e. The summed E-state index contributed by atoms with van der Waals surface area (Å²) in [6.07, 6.45) is 1.36. The van der Waals surface area contributed by atoms with Crippen LogP contribution in [0.4, 0.5) is 0 Å². The van der Waals surface area contributed by atoms with Crippen molar-refractivity contribution < 1.29 is 4.74 Å². The fraction of sp³-hybridized carbons (Fsp3) is 0.0909. The van der Waals surface area contributed by atoms with Crippen LogP contribution in [0, 0.1) is 0 Å². The van der Waals surface area contributed by atoms with E-state index in [1.165, 1.54) is 13.4 Å². The monoisotopic (exact) mass is 288 g/mol. The van der Waals surface area contributed by atoms with Crippen molar-refractivity contribution in [2.75, 3.05) is 7.11 Å². The molecule has 17 heavy (non-hydrogen) atoms. The van der Waals surface area contributed by atoms with Crippen molar-refractivity contribution in [2.45, 2.75) is 0 Å². The molecule has 0 spiro atoms. The van der Waals surface area contributed by atoms with E-state index in [-0.39, 0.29) is 5.15 Å². The number of methoxy groups -OCH3 is 1. The number of benzene rings is 1. The first-order chi connectivity index (χ1) is 8.11. The molecule has 0 aliphatic carbocycles. The van der Waals surface area contributed by atoms with Crippen LogP contribution in [0.2, 0.25) is 15.2 Å². The van der Waals surface area contributed by atoms with Gasteiger partial charge in [0.25, 0.3) is 0 Å². The highest BCUT2D eigenvalue weighted by atomic mass is 35.5. The molecule has 2 aromatic rings. The third-order valence-corrected chi connectivity index (χ3v) is 2.81. The Hall–Kier alpha value is -1.03. The fourth-order valence-electron chi connectivity index (χ4n) is 1.43. The third-order valence-electron chi connectivity index (χ3n) is 2.10. The highest BCUT2D eigenvalue weighted by Crippen LogP contribution is 2.34. The minimum absolute atomic E-state index is 0.244. The van der Waals surface area contributed by atoms with E-state index in [0.29, 0.717) is 21.5 Å². The van der Waals surface area contributed by atoms with E-state index >= 15 is 0 Å². The summed E-state index contributed by atoms with van der Waals surface area (Å²) in [5, 5.41) is 1.28. The van der Waals surface area contributed by atoms with E-state index in [1.54, 1.807) is 18.2 Å². The van der Waals surface area contributed by atoms with E-state index in [2.05, 4.69) is 9.97 Å². The standard InChI is InChI=1S/C11H7Cl3N2O/c1-17-10-9(15-5-16-11(10)14)6-2-7(12)4-8(13)3-6/h2-5H,1H3. The lowest BCUT2D eigenvalue weighted by molar-refractivity contribution is 0.413. The molecule has 3 nitrogen and oxygen atoms in total. The van der Waals surface area contributed by atoms with Gasteiger partial charge in [0.15, 0.2) is 10.9 Å². The number of hydrogen-bond donors (Lipinski definition) is 0. The van der Waals surface area contributed by atoms with Crippen LogP contribution in [0.15, 0.2) is 24.5 Å². The molecule has 6 heteroatoms. The molecule has 1 heterocycles. The molecule has 0 saturated heterocycles. The third kappa shape index (κ3) is 2.63. The predicted octanol–water partition coefficient (Wildman–Crippen LogP) is 4.11. The molecule has 0 fully saturated rings. The summed E-state index contributed by atoms with van der Waals surface area (Å²) in [5.41, 5.74) is 1.28. The molecule has 0 unspecified atom stereocenters. The van der Waals surface area contributed by atoms with Gasteiger partial charge in [-0.2, -0.15) is 0 Å². The van der Waals surface area contributed by atoms with Gasteiger partial charge in [-0.3, -0.25) is 0 Å². The Morgan fingerprint density at radius 3 is 2.24 bits per heavy atom. The zero-order chi connectivity index (χ0) is 12.4. The van der Waals surface area contributed by atoms with Crippen LogP contribution in [0.1, 0.15) is 0 Å². The zero-order valence-corrected chi connectivity index (χ0v) is 11.0. The SMILES string of the molecule is COc1c(Cl)ncnc1-c1cc(Cl)cc(Cl)c1. The van der Waals surface area contributed by atoms with Crippen molar-refractivity contribution in [3.63, 3.8) is 0 Å². The van der Waals surface area contributed by atoms with Crippen LogP contribution >= 0.6 is 34.8 Å². The second kappa shape index (κ2) is 5.08. The molecule has 1 aromatic carbocycles. The van der Waals surface area contributed by atoms with Gasteiger partial charge in [0.2, 0.25) is 0 Å². The zero-order valence-electron chi connectivity index (χ0n) is 8.75. The molecule has 0 bridgehead atoms. The fourth-order valence-corrected chi connectivity index (χ4v) is 2.17. The Bertz CT molecular complexity index is 540. The summed E-state index contributed by atoms with van der Waals surface area (Å²) in [4.78, 5) is 7.97. The Morgan fingerprint density at radius 2 is 1.65 bits per heavy atom. The number of aromatic nitrogens is 2. The van der Waals surface area contributed by atoms with E-state index in [0.717, 1.165) is 5.56 Å². The number of nitrogens with zero attached hydrogens (tertiary/aromatic N) is 2. The van der Waals surface area contributed by atoms with Gasteiger partial charge in [0.05, 0.1) is 7.11 Å². The van der Waals surface area contributed by atoms with E-state index in [1.807, 2.05) is 0 Å². The maximum atomic E-state index is 5.93. The van der Waals surface area contributed by atoms with Crippen LogP contribution < -0.4 is 4.74 Å². The lowest BCUT2D eigenvalue weighted by atomic mass is 10.1. The number of rotatable bonds is 2. The predicted molar refractivity (Wildman–Crippen MR) is 69.1 cm³/mol. The summed E-state index contributed by atoms with van der Waals surface area (Å²) in [5.74, 6) is 0.396. The van der Waals surface area contributed by atoms with E-state index in [4.69, 9.17) is 39.5 Å². The quantitative estimate of drug-likeness (QED) is 0.780. The molecule has 0 atom stereocenters. The van der Waals surface area contributed by atoms with Gasteiger partial charge in [-0.1, -0.05) is 34.8 Å². The van der Waals surface area contributed by atoms with Crippen molar-refractivity contribution in [1.82, 2.24) is 9.97 Å². The number of ether oxygens (including phenoxy) is 1. The first kappa shape index (κ1) is 12.4. The second-order valence-electron chi connectivity index (χ2n) is 3.20. The van der Waals surface area contributed by atoms with Crippen molar-refractivity contribution in [3.05, 3.63) is 39.7 Å². The Kier molecular flexibility index (Phi) is 3.72. The normalized spacial score (nSPS) is 10.4. The number of halogens is 3. The minimum Gasteiger partial charge on any atom is -0.491 e. The molecule has 88 valence electrons. The van der Waals surface area contributed by atoms with Crippen molar-refractivity contribution in [2.24, 2.45) is 0 Å². The summed E-state index contributed by atoms with van der Waals surface area (Å²) in [7, 11) is 1.50. The van der Waals surface area contributed by atoms with E-state index < -0.39 is 0 Å². The van der Waals surface area contributed by atoms with Crippen LogP contribution in [0.3, 0.4) is 0 Å².